The third-order valence-corrected chi connectivity index (χ3v) is 3.03. The van der Waals surface area contributed by atoms with E-state index in [4.69, 9.17) is 0 Å². The van der Waals surface area contributed by atoms with Crippen molar-refractivity contribution in [3.63, 3.8) is 0 Å². The quantitative estimate of drug-likeness (QED) is 0.837. The Hall–Kier alpha value is -0.550. The second-order valence-corrected chi connectivity index (χ2v) is 4.45. The first-order valence-corrected chi connectivity index (χ1v) is 6.20. The Kier molecular flexibility index (Phi) is 4.24. The summed E-state index contributed by atoms with van der Waals surface area (Å²) in [4.78, 5) is 16.4. The number of nitrogens with one attached hydrogen (secondary N) is 1. The molecule has 1 aromatic rings. The smallest absolute Gasteiger partial charge is 0.236 e. The van der Waals surface area contributed by atoms with Gasteiger partial charge in [0.1, 0.15) is 0 Å². The van der Waals surface area contributed by atoms with Gasteiger partial charge in [-0.05, 0) is 12.7 Å². The molecule has 0 aliphatic rings. The van der Waals surface area contributed by atoms with Gasteiger partial charge in [0.15, 0.2) is 5.13 Å². The highest BCUT2D eigenvalue weighted by molar-refractivity contribution is 7.99. The normalized spacial score (nSPS) is 10.0. The zero-order valence-electron chi connectivity index (χ0n) is 7.66. The van der Waals surface area contributed by atoms with Crippen LogP contribution in [0.15, 0.2) is 6.20 Å². The number of aryl methyl sites for hydroxylation is 1. The summed E-state index contributed by atoms with van der Waals surface area (Å²) in [6.45, 7) is 2.07. The van der Waals surface area contributed by atoms with Crippen LogP contribution in [0.5, 0.6) is 0 Å². The summed E-state index contributed by atoms with van der Waals surface area (Å²) in [6.07, 6.45) is 4.67. The van der Waals surface area contributed by atoms with Crippen molar-refractivity contribution < 1.29 is 4.79 Å². The number of carbonyl (C=O) groups excluding carboxylic acids is 1. The number of hydrogen-bond acceptors (Lipinski definition) is 4. The van der Waals surface area contributed by atoms with Gasteiger partial charge in [-0.1, -0.05) is 6.92 Å². The Bertz CT molecular complexity index is 285. The van der Waals surface area contributed by atoms with Gasteiger partial charge in [0.05, 0.1) is 5.75 Å². The first-order valence-electron chi connectivity index (χ1n) is 3.99. The average Bonchev–Trinajstić information content (AvgIpc) is 2.52. The van der Waals surface area contributed by atoms with Crippen molar-refractivity contribution >= 4 is 34.1 Å². The number of rotatable bonds is 4. The Labute approximate surface area is 86.0 Å². The molecular weight excluding hydrogens is 204 g/mol. The maximum atomic E-state index is 11.1. The van der Waals surface area contributed by atoms with Gasteiger partial charge in [0.25, 0.3) is 0 Å². The maximum Gasteiger partial charge on any atom is 0.236 e. The molecular formula is C8H12N2OS2. The lowest BCUT2D eigenvalue weighted by Gasteiger charge is -1.97. The summed E-state index contributed by atoms with van der Waals surface area (Å²) < 4.78 is 0. The van der Waals surface area contributed by atoms with E-state index in [-0.39, 0.29) is 5.91 Å². The van der Waals surface area contributed by atoms with E-state index in [9.17, 15) is 4.79 Å². The molecule has 0 aliphatic carbocycles. The van der Waals surface area contributed by atoms with Crippen LogP contribution in [0.4, 0.5) is 5.13 Å². The van der Waals surface area contributed by atoms with E-state index in [0.717, 1.165) is 6.42 Å². The van der Waals surface area contributed by atoms with E-state index >= 15 is 0 Å². The lowest BCUT2D eigenvalue weighted by Crippen LogP contribution is -2.13. The molecule has 0 bridgehead atoms. The molecule has 0 spiro atoms. The summed E-state index contributed by atoms with van der Waals surface area (Å²) in [5.74, 6) is 0.505. The maximum absolute atomic E-state index is 11.1. The summed E-state index contributed by atoms with van der Waals surface area (Å²) in [6, 6.07) is 0. The number of aromatic nitrogens is 1. The van der Waals surface area contributed by atoms with Crippen molar-refractivity contribution in [2.24, 2.45) is 0 Å². The zero-order valence-corrected chi connectivity index (χ0v) is 9.30. The SMILES string of the molecule is CCc1cnc(NC(=O)CSC)s1. The third-order valence-electron chi connectivity index (χ3n) is 1.42. The minimum absolute atomic E-state index is 0.0181. The number of thioether (sulfide) groups is 1. The number of hydrogen-bond donors (Lipinski definition) is 1. The van der Waals surface area contributed by atoms with Crippen LogP contribution in [0.25, 0.3) is 0 Å². The Balaban J connectivity index is 2.49. The molecule has 0 atom stereocenters. The topological polar surface area (TPSA) is 42.0 Å². The lowest BCUT2D eigenvalue weighted by molar-refractivity contribution is -0.113. The standard InChI is InChI=1S/C8H12N2OS2/c1-3-6-4-9-8(13-6)10-7(11)5-12-2/h4H,3,5H2,1-2H3,(H,9,10,11). The van der Waals surface area contributed by atoms with Gasteiger partial charge in [-0.15, -0.1) is 11.3 Å². The number of nitrogens with zero attached hydrogens (tertiary/aromatic N) is 1. The minimum Gasteiger partial charge on any atom is -0.301 e. The molecule has 5 heteroatoms. The van der Waals surface area contributed by atoms with Crippen molar-refractivity contribution in [1.82, 2.24) is 4.98 Å². The molecule has 0 saturated heterocycles. The molecule has 3 nitrogen and oxygen atoms in total. The molecule has 0 fully saturated rings. The first kappa shape index (κ1) is 10.5. The molecule has 1 rings (SSSR count). The summed E-state index contributed by atoms with van der Waals surface area (Å²) in [5, 5.41) is 3.45. The van der Waals surface area contributed by atoms with E-state index in [2.05, 4.69) is 17.2 Å². The first-order chi connectivity index (χ1) is 6.26. The van der Waals surface area contributed by atoms with E-state index in [0.29, 0.717) is 10.9 Å². The predicted octanol–water partition coefficient (Wildman–Crippen LogP) is 2.01. The molecule has 0 unspecified atom stereocenters. The minimum atomic E-state index is 0.0181. The van der Waals surface area contributed by atoms with E-state index in [1.807, 2.05) is 6.26 Å². The Morgan fingerprint density at radius 1 is 1.77 bits per heavy atom. The van der Waals surface area contributed by atoms with Gasteiger partial charge in [-0.2, -0.15) is 11.8 Å². The molecule has 13 heavy (non-hydrogen) atoms. The monoisotopic (exact) mass is 216 g/mol. The van der Waals surface area contributed by atoms with Crippen LogP contribution < -0.4 is 5.32 Å². The largest absolute Gasteiger partial charge is 0.301 e. The number of anilines is 1. The van der Waals surface area contributed by atoms with Crippen LogP contribution in [-0.2, 0) is 11.2 Å². The van der Waals surface area contributed by atoms with Gasteiger partial charge >= 0.3 is 0 Å². The van der Waals surface area contributed by atoms with Gasteiger partial charge < -0.3 is 5.32 Å². The van der Waals surface area contributed by atoms with Crippen LogP contribution >= 0.6 is 23.1 Å². The fourth-order valence-electron chi connectivity index (χ4n) is 0.815. The lowest BCUT2D eigenvalue weighted by atomic mass is 10.4. The van der Waals surface area contributed by atoms with Crippen molar-refractivity contribution in [1.29, 1.82) is 0 Å². The van der Waals surface area contributed by atoms with Crippen molar-refractivity contribution in [3.05, 3.63) is 11.1 Å². The van der Waals surface area contributed by atoms with Gasteiger partial charge in [0, 0.05) is 11.1 Å². The summed E-state index contributed by atoms with van der Waals surface area (Å²) in [5.41, 5.74) is 0. The summed E-state index contributed by atoms with van der Waals surface area (Å²) >= 11 is 3.04. The van der Waals surface area contributed by atoms with Crippen LogP contribution in [0.2, 0.25) is 0 Å². The average molecular weight is 216 g/mol. The van der Waals surface area contributed by atoms with Crippen LogP contribution in [-0.4, -0.2) is 22.9 Å². The third kappa shape index (κ3) is 3.36. The molecule has 0 aromatic carbocycles. The van der Waals surface area contributed by atoms with Crippen LogP contribution in [0.3, 0.4) is 0 Å². The van der Waals surface area contributed by atoms with Gasteiger partial charge in [0.2, 0.25) is 5.91 Å². The molecule has 72 valence electrons. The van der Waals surface area contributed by atoms with Crippen LogP contribution in [0, 0.1) is 0 Å². The Morgan fingerprint density at radius 2 is 2.54 bits per heavy atom. The van der Waals surface area contributed by atoms with E-state index < -0.39 is 0 Å². The van der Waals surface area contributed by atoms with Crippen molar-refractivity contribution in [3.8, 4) is 0 Å². The Morgan fingerprint density at radius 3 is 3.08 bits per heavy atom. The molecule has 0 aliphatic heterocycles. The second kappa shape index (κ2) is 5.24. The van der Waals surface area contributed by atoms with Crippen molar-refractivity contribution in [2.45, 2.75) is 13.3 Å². The van der Waals surface area contributed by atoms with E-state index in [1.54, 1.807) is 6.20 Å². The molecule has 1 N–H and O–H groups in total. The molecule has 1 heterocycles. The molecule has 1 amide bonds. The highest BCUT2D eigenvalue weighted by Crippen LogP contribution is 2.18. The number of carbonyl (C=O) groups is 1. The number of thiazole rings is 1. The van der Waals surface area contributed by atoms with Crippen molar-refractivity contribution in [2.75, 3.05) is 17.3 Å². The second-order valence-electron chi connectivity index (χ2n) is 2.47. The molecule has 0 radical (unpaired) electrons. The fraction of sp³-hybridized carbons (Fsp3) is 0.500. The predicted molar refractivity (Wildman–Crippen MR) is 58.5 cm³/mol. The fourth-order valence-corrected chi connectivity index (χ4v) is 1.92. The van der Waals surface area contributed by atoms with E-state index in [1.165, 1.54) is 28.0 Å². The molecule has 1 aromatic heterocycles. The van der Waals surface area contributed by atoms with Gasteiger partial charge in [-0.25, -0.2) is 4.98 Å². The highest BCUT2D eigenvalue weighted by atomic mass is 32.2. The number of amides is 1. The van der Waals surface area contributed by atoms with Crippen LogP contribution in [0.1, 0.15) is 11.8 Å². The van der Waals surface area contributed by atoms with Gasteiger partial charge in [-0.3, -0.25) is 4.79 Å². The summed E-state index contributed by atoms with van der Waals surface area (Å²) in [7, 11) is 0. The zero-order chi connectivity index (χ0) is 9.68. The molecule has 0 saturated carbocycles. The highest BCUT2D eigenvalue weighted by Gasteiger charge is 2.04.